The van der Waals surface area contributed by atoms with Gasteiger partial charge in [0.25, 0.3) is 0 Å². The number of thiocarbonyl (C=S) groups is 1. The van der Waals surface area contributed by atoms with Crippen LogP contribution in [0, 0.1) is 0 Å². The maximum absolute atomic E-state index is 5.03. The minimum Gasteiger partial charge on any atom is -0.338 e. The number of aromatic amines is 1. The predicted molar refractivity (Wildman–Crippen MR) is 69.0 cm³/mol. The summed E-state index contributed by atoms with van der Waals surface area (Å²) in [5.41, 5.74) is 7.88. The summed E-state index contributed by atoms with van der Waals surface area (Å²) < 4.78 is 1.05. The lowest BCUT2D eigenvalue weighted by Gasteiger charge is -2.18. The Balaban J connectivity index is 2.28. The number of aromatic nitrogens is 1. The molecule has 3 rings (SSSR count). The van der Waals surface area contributed by atoms with Crippen LogP contribution in [-0.2, 0) is 0 Å². The Morgan fingerprint density at radius 2 is 2.07 bits per heavy atom. The fourth-order valence-corrected chi connectivity index (χ4v) is 2.17. The molecule has 0 atom stereocenters. The van der Waals surface area contributed by atoms with Crippen molar-refractivity contribution in [3.63, 3.8) is 0 Å². The molecule has 0 spiro atoms. The van der Waals surface area contributed by atoms with Crippen LogP contribution in [0.25, 0.3) is 10.9 Å². The lowest BCUT2D eigenvalue weighted by Crippen LogP contribution is -2.37. The molecular weight excluding hydrogens is 276 g/mol. The number of hydrogen-bond acceptors (Lipinski definition) is 2. The molecule has 0 amide bonds. The van der Waals surface area contributed by atoms with Crippen molar-refractivity contribution in [2.75, 3.05) is 10.7 Å². The van der Waals surface area contributed by atoms with E-state index in [0.717, 1.165) is 26.9 Å². The van der Waals surface area contributed by atoms with Crippen LogP contribution in [0.3, 0.4) is 0 Å². The van der Waals surface area contributed by atoms with Crippen LogP contribution in [0.15, 0.2) is 22.7 Å². The zero-order valence-electron chi connectivity index (χ0n) is 7.52. The molecule has 2 heterocycles. The number of anilines is 2. The molecule has 1 aliphatic heterocycles. The lowest BCUT2D eigenvalue weighted by atomic mass is 10.2. The van der Waals surface area contributed by atoms with Gasteiger partial charge in [0.15, 0.2) is 5.11 Å². The molecule has 0 bridgehead atoms. The van der Waals surface area contributed by atoms with E-state index in [1.165, 1.54) is 0 Å². The molecule has 4 N–H and O–H groups in total. The molecular formula is C9H7BrN4S. The fourth-order valence-electron chi connectivity index (χ4n) is 1.66. The van der Waals surface area contributed by atoms with Gasteiger partial charge in [0.1, 0.15) is 5.82 Å². The summed E-state index contributed by atoms with van der Waals surface area (Å²) in [4.78, 5) is 3.25. The smallest absolute Gasteiger partial charge is 0.189 e. The summed E-state index contributed by atoms with van der Waals surface area (Å²) in [6.45, 7) is 0. The van der Waals surface area contributed by atoms with Gasteiger partial charge in [0.05, 0.1) is 11.2 Å². The highest BCUT2D eigenvalue weighted by atomic mass is 79.9. The van der Waals surface area contributed by atoms with Crippen molar-refractivity contribution in [3.05, 3.63) is 22.7 Å². The molecule has 15 heavy (non-hydrogen) atoms. The number of rotatable bonds is 0. The quantitative estimate of drug-likeness (QED) is 0.561. The molecule has 1 aromatic heterocycles. The second-order valence-electron chi connectivity index (χ2n) is 3.27. The third-order valence-corrected chi connectivity index (χ3v) is 3.00. The van der Waals surface area contributed by atoms with Crippen molar-refractivity contribution in [2.45, 2.75) is 0 Å². The largest absolute Gasteiger partial charge is 0.338 e. The van der Waals surface area contributed by atoms with E-state index in [-0.39, 0.29) is 0 Å². The Labute approximate surface area is 99.5 Å². The first kappa shape index (κ1) is 8.99. The monoisotopic (exact) mass is 282 g/mol. The van der Waals surface area contributed by atoms with Crippen LogP contribution in [0.5, 0.6) is 0 Å². The minimum absolute atomic E-state index is 0.575. The molecule has 6 heteroatoms. The summed E-state index contributed by atoms with van der Waals surface area (Å²) in [5.74, 6) is 0.900. The number of benzene rings is 1. The Bertz CT molecular complexity index is 562. The van der Waals surface area contributed by atoms with Gasteiger partial charge in [-0.2, -0.15) is 0 Å². The molecule has 0 radical (unpaired) electrons. The number of nitrogens with one attached hydrogen (secondary N) is 4. The SMILES string of the molecule is S=C1NNc2[nH]c3cc(Br)ccc3c2N1. The predicted octanol–water partition coefficient (Wildman–Crippen LogP) is 2.56. The van der Waals surface area contributed by atoms with Crippen LogP contribution < -0.4 is 16.2 Å². The van der Waals surface area contributed by atoms with Crippen molar-refractivity contribution in [3.8, 4) is 0 Å². The molecule has 0 fully saturated rings. The zero-order chi connectivity index (χ0) is 10.4. The zero-order valence-corrected chi connectivity index (χ0v) is 9.92. The van der Waals surface area contributed by atoms with Gasteiger partial charge in [-0.3, -0.25) is 10.9 Å². The van der Waals surface area contributed by atoms with Crippen LogP contribution in [0.2, 0.25) is 0 Å². The molecule has 76 valence electrons. The van der Waals surface area contributed by atoms with Crippen LogP contribution in [0.1, 0.15) is 0 Å². The van der Waals surface area contributed by atoms with Gasteiger partial charge in [0, 0.05) is 9.86 Å². The van der Waals surface area contributed by atoms with E-state index in [0.29, 0.717) is 5.11 Å². The first-order valence-corrected chi connectivity index (χ1v) is 5.58. The van der Waals surface area contributed by atoms with E-state index in [2.05, 4.69) is 37.1 Å². The highest BCUT2D eigenvalue weighted by molar-refractivity contribution is 9.10. The van der Waals surface area contributed by atoms with Crippen molar-refractivity contribution in [1.29, 1.82) is 0 Å². The summed E-state index contributed by atoms with van der Waals surface area (Å²) in [7, 11) is 0. The molecule has 1 aromatic carbocycles. The maximum atomic E-state index is 5.03. The average molecular weight is 283 g/mol. The first-order valence-electron chi connectivity index (χ1n) is 4.38. The average Bonchev–Trinajstić information content (AvgIpc) is 2.54. The van der Waals surface area contributed by atoms with Gasteiger partial charge < -0.3 is 10.3 Å². The summed E-state index contributed by atoms with van der Waals surface area (Å²) in [5, 5.41) is 4.80. The highest BCUT2D eigenvalue weighted by Crippen LogP contribution is 2.34. The third kappa shape index (κ3) is 1.37. The number of fused-ring (bicyclic) bond motifs is 3. The van der Waals surface area contributed by atoms with Gasteiger partial charge in [-0.05, 0) is 30.4 Å². The normalized spacial score (nSPS) is 14.1. The van der Waals surface area contributed by atoms with E-state index >= 15 is 0 Å². The molecule has 0 unspecified atom stereocenters. The van der Waals surface area contributed by atoms with E-state index < -0.39 is 0 Å². The van der Waals surface area contributed by atoms with Gasteiger partial charge in [-0.1, -0.05) is 15.9 Å². The van der Waals surface area contributed by atoms with Crippen LogP contribution >= 0.6 is 28.1 Å². The van der Waals surface area contributed by atoms with E-state index in [1.807, 2.05) is 18.2 Å². The standard InChI is InChI=1S/C9H7BrN4S/c10-4-1-2-5-6(3-4)11-8-7(5)12-9(15)14-13-8/h1-3,11,13H,(H2,12,14,15). The maximum Gasteiger partial charge on any atom is 0.189 e. The molecule has 4 nitrogen and oxygen atoms in total. The first-order chi connectivity index (χ1) is 7.24. The van der Waals surface area contributed by atoms with Crippen molar-refractivity contribution >= 4 is 55.7 Å². The third-order valence-electron chi connectivity index (χ3n) is 2.30. The fraction of sp³-hybridized carbons (Fsp3) is 0. The van der Waals surface area contributed by atoms with Crippen LogP contribution in [0.4, 0.5) is 11.5 Å². The van der Waals surface area contributed by atoms with Gasteiger partial charge in [0.2, 0.25) is 0 Å². The molecule has 0 saturated heterocycles. The molecule has 0 saturated carbocycles. The van der Waals surface area contributed by atoms with Crippen LogP contribution in [-0.4, -0.2) is 10.1 Å². The van der Waals surface area contributed by atoms with Gasteiger partial charge in [-0.15, -0.1) is 0 Å². The number of hydrazine groups is 1. The Morgan fingerprint density at radius 1 is 1.20 bits per heavy atom. The van der Waals surface area contributed by atoms with Gasteiger partial charge in [-0.25, -0.2) is 0 Å². The Morgan fingerprint density at radius 3 is 2.93 bits per heavy atom. The molecule has 0 aliphatic carbocycles. The lowest BCUT2D eigenvalue weighted by molar-refractivity contribution is 1.09. The second-order valence-corrected chi connectivity index (χ2v) is 4.59. The summed E-state index contributed by atoms with van der Waals surface area (Å²) in [6.07, 6.45) is 0. The summed E-state index contributed by atoms with van der Waals surface area (Å²) >= 11 is 8.46. The molecule has 2 aromatic rings. The molecule has 1 aliphatic rings. The van der Waals surface area contributed by atoms with E-state index in [1.54, 1.807) is 0 Å². The summed E-state index contributed by atoms with van der Waals surface area (Å²) in [6, 6.07) is 6.07. The van der Waals surface area contributed by atoms with Crippen molar-refractivity contribution in [2.24, 2.45) is 0 Å². The number of hydrogen-bond donors (Lipinski definition) is 4. The van der Waals surface area contributed by atoms with Crippen molar-refractivity contribution in [1.82, 2.24) is 10.4 Å². The number of halogens is 1. The Kier molecular flexibility index (Phi) is 1.86. The topological polar surface area (TPSA) is 51.9 Å². The Hall–Kier alpha value is -1.27. The van der Waals surface area contributed by atoms with Gasteiger partial charge >= 0.3 is 0 Å². The van der Waals surface area contributed by atoms with E-state index in [4.69, 9.17) is 12.2 Å². The van der Waals surface area contributed by atoms with E-state index in [9.17, 15) is 0 Å². The minimum atomic E-state index is 0.575. The second kappa shape index (κ2) is 3.11. The van der Waals surface area contributed by atoms with Crippen molar-refractivity contribution < 1.29 is 0 Å². The number of H-pyrrole nitrogens is 1. The highest BCUT2D eigenvalue weighted by Gasteiger charge is 2.16.